The highest BCUT2D eigenvalue weighted by atomic mass is 16.4. The molecule has 0 fully saturated rings. The fraction of sp³-hybridized carbons (Fsp3) is 0.471. The number of aliphatic carboxylic acids is 1. The Hall–Kier alpha value is -1.57. The molecule has 0 amide bonds. The standard InChI is InChI=1S/C17H24O2/c1-12(2)14(16(18)19)11-10-13-8-6-7-9-15(13)17(3,4)5/h6-12,14H,1-5H3,(H,18,19)/b11-10+. The number of carboxylic acids is 1. The molecule has 0 spiro atoms. The second-order valence-electron chi connectivity index (χ2n) is 6.30. The molecule has 19 heavy (non-hydrogen) atoms. The molecule has 1 atom stereocenters. The maximum absolute atomic E-state index is 11.2. The average Bonchev–Trinajstić information content (AvgIpc) is 2.27. The monoisotopic (exact) mass is 260 g/mol. The Labute approximate surface area is 116 Å². The quantitative estimate of drug-likeness (QED) is 0.873. The summed E-state index contributed by atoms with van der Waals surface area (Å²) in [7, 11) is 0. The molecule has 1 aromatic carbocycles. The predicted octanol–water partition coefficient (Wildman–Crippen LogP) is 4.35. The van der Waals surface area contributed by atoms with Gasteiger partial charge in [0.25, 0.3) is 0 Å². The molecule has 1 aromatic rings. The zero-order valence-corrected chi connectivity index (χ0v) is 12.5. The molecule has 0 aromatic heterocycles. The van der Waals surface area contributed by atoms with Crippen LogP contribution in [0.4, 0.5) is 0 Å². The first-order valence-corrected chi connectivity index (χ1v) is 6.74. The zero-order chi connectivity index (χ0) is 14.6. The highest BCUT2D eigenvalue weighted by Gasteiger charge is 2.19. The Kier molecular flexibility index (Phi) is 4.93. The number of hydrogen-bond acceptors (Lipinski definition) is 1. The smallest absolute Gasteiger partial charge is 0.310 e. The van der Waals surface area contributed by atoms with Crippen LogP contribution in [-0.4, -0.2) is 11.1 Å². The van der Waals surface area contributed by atoms with Crippen molar-refractivity contribution in [1.82, 2.24) is 0 Å². The normalized spacial score (nSPS) is 14.0. The molecule has 0 aliphatic heterocycles. The lowest BCUT2D eigenvalue weighted by Crippen LogP contribution is -2.17. The molecule has 104 valence electrons. The van der Waals surface area contributed by atoms with E-state index < -0.39 is 11.9 Å². The van der Waals surface area contributed by atoms with E-state index in [1.165, 1.54) is 5.56 Å². The molecular formula is C17H24O2. The lowest BCUT2D eigenvalue weighted by Gasteiger charge is -2.21. The lowest BCUT2D eigenvalue weighted by molar-refractivity contribution is -0.141. The SMILES string of the molecule is CC(C)C(/C=C/c1ccccc1C(C)(C)C)C(=O)O. The summed E-state index contributed by atoms with van der Waals surface area (Å²) in [5.41, 5.74) is 2.39. The van der Waals surface area contributed by atoms with E-state index in [-0.39, 0.29) is 11.3 Å². The maximum atomic E-state index is 11.2. The fourth-order valence-corrected chi connectivity index (χ4v) is 2.12. The topological polar surface area (TPSA) is 37.3 Å². The number of carboxylic acid groups (broad SMARTS) is 1. The molecule has 0 aliphatic rings. The van der Waals surface area contributed by atoms with Gasteiger partial charge in [0.15, 0.2) is 0 Å². The Balaban J connectivity index is 3.09. The van der Waals surface area contributed by atoms with Crippen LogP contribution in [0.3, 0.4) is 0 Å². The van der Waals surface area contributed by atoms with Gasteiger partial charge in [0.1, 0.15) is 0 Å². The predicted molar refractivity (Wildman–Crippen MR) is 80.1 cm³/mol. The van der Waals surface area contributed by atoms with Gasteiger partial charge >= 0.3 is 5.97 Å². The Morgan fingerprint density at radius 3 is 2.26 bits per heavy atom. The molecule has 1 rings (SSSR count). The van der Waals surface area contributed by atoms with Crippen molar-refractivity contribution in [3.05, 3.63) is 41.5 Å². The molecule has 1 unspecified atom stereocenters. The highest BCUT2D eigenvalue weighted by molar-refractivity contribution is 5.74. The second-order valence-corrected chi connectivity index (χ2v) is 6.30. The van der Waals surface area contributed by atoms with E-state index in [0.717, 1.165) is 5.56 Å². The van der Waals surface area contributed by atoms with Gasteiger partial charge in [-0.25, -0.2) is 0 Å². The van der Waals surface area contributed by atoms with Gasteiger partial charge in [-0.15, -0.1) is 0 Å². The lowest BCUT2D eigenvalue weighted by atomic mass is 9.83. The first-order chi connectivity index (χ1) is 8.73. The molecular weight excluding hydrogens is 236 g/mol. The number of rotatable bonds is 4. The minimum absolute atomic E-state index is 0.0531. The summed E-state index contributed by atoms with van der Waals surface area (Å²) in [6.45, 7) is 10.3. The van der Waals surface area contributed by atoms with Crippen molar-refractivity contribution >= 4 is 12.0 Å². The number of carbonyl (C=O) groups is 1. The van der Waals surface area contributed by atoms with Crippen molar-refractivity contribution in [2.75, 3.05) is 0 Å². The summed E-state index contributed by atoms with van der Waals surface area (Å²) in [5, 5.41) is 9.20. The van der Waals surface area contributed by atoms with E-state index in [0.29, 0.717) is 0 Å². The van der Waals surface area contributed by atoms with Crippen molar-refractivity contribution < 1.29 is 9.90 Å². The Morgan fingerprint density at radius 1 is 1.21 bits per heavy atom. The fourth-order valence-electron chi connectivity index (χ4n) is 2.12. The molecule has 2 heteroatoms. The van der Waals surface area contributed by atoms with Gasteiger partial charge in [0.2, 0.25) is 0 Å². The van der Waals surface area contributed by atoms with Crippen LogP contribution in [0.25, 0.3) is 6.08 Å². The summed E-state index contributed by atoms with van der Waals surface area (Å²) in [5.74, 6) is -1.11. The molecule has 0 aliphatic carbocycles. The van der Waals surface area contributed by atoms with Gasteiger partial charge in [-0.05, 0) is 22.5 Å². The van der Waals surface area contributed by atoms with Crippen LogP contribution in [0.1, 0.15) is 45.7 Å². The van der Waals surface area contributed by atoms with E-state index in [1.54, 1.807) is 6.08 Å². The Morgan fingerprint density at radius 2 is 1.79 bits per heavy atom. The average molecular weight is 260 g/mol. The van der Waals surface area contributed by atoms with E-state index >= 15 is 0 Å². The summed E-state index contributed by atoms with van der Waals surface area (Å²) in [6.07, 6.45) is 3.75. The first kappa shape index (κ1) is 15.5. The zero-order valence-electron chi connectivity index (χ0n) is 12.5. The van der Waals surface area contributed by atoms with Crippen molar-refractivity contribution in [2.24, 2.45) is 11.8 Å². The molecule has 2 nitrogen and oxygen atoms in total. The number of hydrogen-bond donors (Lipinski definition) is 1. The summed E-state index contributed by atoms with van der Waals surface area (Å²) in [6, 6.07) is 8.15. The molecule has 0 bridgehead atoms. The first-order valence-electron chi connectivity index (χ1n) is 6.74. The second kappa shape index (κ2) is 6.05. The molecule has 1 N–H and O–H groups in total. The van der Waals surface area contributed by atoms with Gasteiger partial charge in [0.05, 0.1) is 5.92 Å². The maximum Gasteiger partial charge on any atom is 0.310 e. The van der Waals surface area contributed by atoms with Gasteiger partial charge in [-0.2, -0.15) is 0 Å². The van der Waals surface area contributed by atoms with Crippen LogP contribution in [0.5, 0.6) is 0 Å². The van der Waals surface area contributed by atoms with Crippen LogP contribution in [0.2, 0.25) is 0 Å². The number of benzene rings is 1. The molecule has 0 saturated heterocycles. The summed E-state index contributed by atoms with van der Waals surface area (Å²) < 4.78 is 0. The van der Waals surface area contributed by atoms with Crippen molar-refractivity contribution in [3.8, 4) is 0 Å². The van der Waals surface area contributed by atoms with E-state index in [1.807, 2.05) is 38.1 Å². The van der Waals surface area contributed by atoms with Crippen molar-refractivity contribution in [3.63, 3.8) is 0 Å². The van der Waals surface area contributed by atoms with Crippen LogP contribution >= 0.6 is 0 Å². The minimum Gasteiger partial charge on any atom is -0.481 e. The van der Waals surface area contributed by atoms with Gasteiger partial charge in [0, 0.05) is 0 Å². The third kappa shape index (κ3) is 4.23. The van der Waals surface area contributed by atoms with Crippen molar-refractivity contribution in [2.45, 2.75) is 40.0 Å². The molecule has 0 heterocycles. The van der Waals surface area contributed by atoms with Crippen LogP contribution in [0.15, 0.2) is 30.3 Å². The van der Waals surface area contributed by atoms with Gasteiger partial charge in [-0.1, -0.05) is 71.0 Å². The molecule has 0 saturated carbocycles. The van der Waals surface area contributed by atoms with E-state index in [2.05, 4.69) is 26.8 Å². The third-order valence-electron chi connectivity index (χ3n) is 3.26. The highest BCUT2D eigenvalue weighted by Crippen LogP contribution is 2.27. The van der Waals surface area contributed by atoms with Crippen LogP contribution in [-0.2, 0) is 10.2 Å². The molecule has 0 radical (unpaired) electrons. The summed E-state index contributed by atoms with van der Waals surface area (Å²) >= 11 is 0. The van der Waals surface area contributed by atoms with Crippen LogP contribution in [0, 0.1) is 11.8 Å². The van der Waals surface area contributed by atoms with Gasteiger partial charge < -0.3 is 5.11 Å². The van der Waals surface area contributed by atoms with Crippen LogP contribution < -0.4 is 0 Å². The van der Waals surface area contributed by atoms with Gasteiger partial charge in [-0.3, -0.25) is 4.79 Å². The minimum atomic E-state index is -0.764. The third-order valence-corrected chi connectivity index (χ3v) is 3.26. The Bertz CT molecular complexity index is 464. The largest absolute Gasteiger partial charge is 0.481 e. The van der Waals surface area contributed by atoms with Crippen molar-refractivity contribution in [1.29, 1.82) is 0 Å². The van der Waals surface area contributed by atoms with E-state index in [9.17, 15) is 9.90 Å². The summed E-state index contributed by atoms with van der Waals surface area (Å²) in [4.78, 5) is 11.2. The van der Waals surface area contributed by atoms with E-state index in [4.69, 9.17) is 0 Å².